The van der Waals surface area contributed by atoms with Crippen LogP contribution in [0.1, 0.15) is 29.6 Å². The van der Waals surface area contributed by atoms with Gasteiger partial charge in [-0.05, 0) is 75.3 Å². The number of nitrogens with two attached hydrogens (primary N) is 1. The molecule has 1 aromatic carbocycles. The van der Waals surface area contributed by atoms with Crippen molar-refractivity contribution in [2.45, 2.75) is 31.8 Å². The number of nitrogens with zero attached hydrogens (tertiary/aromatic N) is 3. The normalized spacial score (nSPS) is 21.0. The van der Waals surface area contributed by atoms with Crippen molar-refractivity contribution in [2.75, 3.05) is 25.5 Å². The van der Waals surface area contributed by atoms with Crippen LogP contribution >= 0.6 is 0 Å². The van der Waals surface area contributed by atoms with Crippen molar-refractivity contribution in [3.63, 3.8) is 0 Å². The van der Waals surface area contributed by atoms with Crippen LogP contribution in [0.15, 0.2) is 60.9 Å². The van der Waals surface area contributed by atoms with Crippen molar-refractivity contribution in [3.05, 3.63) is 66.5 Å². The second-order valence-corrected chi connectivity index (χ2v) is 8.76. The Kier molecular flexibility index (Phi) is 7.27. The highest BCUT2D eigenvalue weighted by Gasteiger charge is 2.36. The van der Waals surface area contributed by atoms with Gasteiger partial charge in [-0.2, -0.15) is 5.10 Å². The minimum absolute atomic E-state index is 0.351. The van der Waals surface area contributed by atoms with Crippen LogP contribution < -0.4 is 15.8 Å². The maximum Gasteiger partial charge on any atom is 0.254 e. The van der Waals surface area contributed by atoms with E-state index in [9.17, 15) is 4.79 Å². The lowest BCUT2D eigenvalue weighted by molar-refractivity contribution is -0.104. The molecular formula is C26H31N5O3. The third kappa shape index (κ3) is 5.12. The molecule has 178 valence electrons. The van der Waals surface area contributed by atoms with E-state index in [-0.39, 0.29) is 0 Å². The number of rotatable bonds is 5. The van der Waals surface area contributed by atoms with Gasteiger partial charge >= 0.3 is 0 Å². The fourth-order valence-electron chi connectivity index (χ4n) is 4.64. The second kappa shape index (κ2) is 10.5. The Morgan fingerprint density at radius 3 is 2.68 bits per heavy atom. The van der Waals surface area contributed by atoms with E-state index in [1.807, 2.05) is 35.0 Å². The number of benzene rings is 1. The van der Waals surface area contributed by atoms with Gasteiger partial charge in [0.25, 0.3) is 5.91 Å². The fourth-order valence-corrected chi connectivity index (χ4v) is 4.64. The van der Waals surface area contributed by atoms with Crippen LogP contribution in [0.5, 0.6) is 5.75 Å². The van der Waals surface area contributed by atoms with Crippen molar-refractivity contribution < 1.29 is 14.3 Å². The highest BCUT2D eigenvalue weighted by Crippen LogP contribution is 2.36. The molecule has 8 nitrogen and oxygen atoms in total. The molecule has 2 atom stereocenters. The molecule has 1 aromatic heterocycles. The summed E-state index contributed by atoms with van der Waals surface area (Å²) < 4.78 is 7.83. The molecule has 2 aromatic rings. The number of fused-ring (bicyclic) bond motifs is 2. The molecule has 5 rings (SSSR count). The molecule has 3 N–H and O–H groups in total. The van der Waals surface area contributed by atoms with E-state index in [4.69, 9.17) is 20.4 Å². The monoisotopic (exact) mass is 461 g/mol. The lowest BCUT2D eigenvalue weighted by Crippen LogP contribution is -2.49. The third-order valence-electron chi connectivity index (χ3n) is 6.29. The summed E-state index contributed by atoms with van der Waals surface area (Å²) >= 11 is 0. The van der Waals surface area contributed by atoms with Crippen molar-refractivity contribution in [3.8, 4) is 17.0 Å². The smallest absolute Gasteiger partial charge is 0.254 e. The molecule has 0 spiro atoms. The van der Waals surface area contributed by atoms with E-state index >= 15 is 0 Å². The number of hydrogen-bond donors (Lipinski definition) is 2. The molecule has 34 heavy (non-hydrogen) atoms. The number of amides is 1. The Hall–Kier alpha value is -3.65. The molecule has 1 aliphatic carbocycles. The zero-order valence-corrected chi connectivity index (χ0v) is 19.4. The van der Waals surface area contributed by atoms with E-state index in [1.165, 1.54) is 6.08 Å². The summed E-state index contributed by atoms with van der Waals surface area (Å²) in [5.41, 5.74) is 7.74. The SMILES string of the molecule is C=CC=O.CN1CC[C@H]2Nc3c(C(N)=O)c(-c4ccc(OC5=CCCC=C5)cc4)nn3C[C@H]2C1. The molecule has 3 aliphatic rings. The molecule has 1 fully saturated rings. The predicted molar refractivity (Wildman–Crippen MR) is 133 cm³/mol. The number of aromatic nitrogens is 2. The van der Waals surface area contributed by atoms with Crippen molar-refractivity contribution >= 4 is 18.0 Å². The van der Waals surface area contributed by atoms with E-state index in [1.54, 1.807) is 0 Å². The number of ether oxygens (including phenoxy) is 1. The fraction of sp³-hybridized carbons (Fsp3) is 0.346. The van der Waals surface area contributed by atoms with E-state index in [0.717, 1.165) is 61.8 Å². The van der Waals surface area contributed by atoms with Crippen molar-refractivity contribution in [2.24, 2.45) is 11.7 Å². The van der Waals surface area contributed by atoms with E-state index < -0.39 is 5.91 Å². The first-order valence-corrected chi connectivity index (χ1v) is 11.6. The van der Waals surface area contributed by atoms with Gasteiger partial charge in [0.1, 0.15) is 34.9 Å². The number of aldehydes is 1. The van der Waals surface area contributed by atoms with E-state index in [2.05, 4.69) is 36.0 Å². The average molecular weight is 462 g/mol. The Labute approximate surface area is 199 Å². The number of anilines is 1. The van der Waals surface area contributed by atoms with Crippen LogP contribution in [-0.4, -0.2) is 53.1 Å². The quantitative estimate of drug-likeness (QED) is 0.523. The highest BCUT2D eigenvalue weighted by molar-refractivity contribution is 6.03. The van der Waals surface area contributed by atoms with Crippen LogP contribution in [0.25, 0.3) is 11.3 Å². The number of nitrogens with one attached hydrogen (secondary N) is 1. The number of allylic oxidation sites excluding steroid dienone is 4. The largest absolute Gasteiger partial charge is 0.458 e. The Morgan fingerprint density at radius 2 is 2.03 bits per heavy atom. The Balaban J connectivity index is 0.000000636. The van der Waals surface area contributed by atoms with Crippen LogP contribution in [-0.2, 0) is 11.3 Å². The minimum atomic E-state index is -0.456. The number of carbonyl (C=O) groups is 2. The molecule has 3 heterocycles. The number of hydrogen-bond acceptors (Lipinski definition) is 6. The molecule has 0 saturated carbocycles. The molecular weight excluding hydrogens is 430 g/mol. The standard InChI is InChI=1S/C23H27N5O2.C3H4O/c1-27-12-11-19-16(13-27)14-28-23(25-19)20(22(24)29)21(26-28)15-7-9-18(10-8-15)30-17-5-3-2-4-6-17;1-2-3-4/h3,5-10,16,19,25H,2,4,11-14H2,1H3,(H2,24,29);2-3H,1H2/t16-,19-;/m1./s1. The minimum Gasteiger partial charge on any atom is -0.458 e. The van der Waals surface area contributed by atoms with Gasteiger partial charge in [0, 0.05) is 30.6 Å². The summed E-state index contributed by atoms with van der Waals surface area (Å²) in [7, 11) is 2.15. The average Bonchev–Trinajstić information content (AvgIpc) is 3.22. The highest BCUT2D eigenvalue weighted by atomic mass is 16.5. The number of primary amides is 1. The third-order valence-corrected chi connectivity index (χ3v) is 6.29. The van der Waals surface area contributed by atoms with Crippen LogP contribution in [0, 0.1) is 5.92 Å². The predicted octanol–water partition coefficient (Wildman–Crippen LogP) is 3.38. The van der Waals surface area contributed by atoms with Crippen molar-refractivity contribution in [1.29, 1.82) is 0 Å². The first-order valence-electron chi connectivity index (χ1n) is 11.6. The molecule has 1 amide bonds. The van der Waals surface area contributed by atoms with Gasteiger partial charge in [-0.3, -0.25) is 9.59 Å². The summed E-state index contributed by atoms with van der Waals surface area (Å²) in [6.07, 6.45) is 11.1. The summed E-state index contributed by atoms with van der Waals surface area (Å²) in [5.74, 6) is 2.38. The summed E-state index contributed by atoms with van der Waals surface area (Å²) in [6.45, 7) is 5.97. The van der Waals surface area contributed by atoms with Gasteiger partial charge in [0.2, 0.25) is 0 Å². The van der Waals surface area contributed by atoms with Crippen LogP contribution in [0.4, 0.5) is 5.82 Å². The van der Waals surface area contributed by atoms with Gasteiger partial charge in [-0.25, -0.2) is 4.68 Å². The van der Waals surface area contributed by atoms with Gasteiger partial charge in [-0.1, -0.05) is 12.7 Å². The number of piperidine rings is 1. The zero-order chi connectivity index (χ0) is 24.1. The van der Waals surface area contributed by atoms with Crippen molar-refractivity contribution in [1.82, 2.24) is 14.7 Å². The zero-order valence-electron chi connectivity index (χ0n) is 19.4. The summed E-state index contributed by atoms with van der Waals surface area (Å²) in [4.78, 5) is 23.8. The molecule has 0 unspecified atom stereocenters. The molecule has 2 aliphatic heterocycles. The number of carbonyl (C=O) groups excluding carboxylic acids is 2. The summed E-state index contributed by atoms with van der Waals surface area (Å²) in [5, 5.41) is 8.33. The molecule has 0 radical (unpaired) electrons. The first kappa shape index (κ1) is 23.5. The molecule has 8 heteroatoms. The summed E-state index contributed by atoms with van der Waals surface area (Å²) in [6, 6.07) is 8.03. The lowest BCUT2D eigenvalue weighted by Gasteiger charge is -2.40. The maximum atomic E-state index is 12.4. The lowest BCUT2D eigenvalue weighted by atomic mass is 9.90. The molecule has 1 saturated heterocycles. The van der Waals surface area contributed by atoms with Crippen LogP contribution in [0.3, 0.4) is 0 Å². The maximum absolute atomic E-state index is 12.4. The van der Waals surface area contributed by atoms with Crippen LogP contribution in [0.2, 0.25) is 0 Å². The van der Waals surface area contributed by atoms with E-state index in [0.29, 0.717) is 29.5 Å². The number of likely N-dealkylation sites (tertiary alicyclic amines) is 1. The van der Waals surface area contributed by atoms with Gasteiger partial charge < -0.3 is 20.7 Å². The van der Waals surface area contributed by atoms with Gasteiger partial charge in [0.15, 0.2) is 0 Å². The first-order chi connectivity index (χ1) is 16.5. The molecule has 0 bridgehead atoms. The van der Waals surface area contributed by atoms with Gasteiger partial charge in [-0.15, -0.1) is 0 Å². The second-order valence-electron chi connectivity index (χ2n) is 8.76. The topological polar surface area (TPSA) is 102 Å². The Bertz CT molecular complexity index is 1110. The van der Waals surface area contributed by atoms with Gasteiger partial charge in [0.05, 0.1) is 0 Å². The Morgan fingerprint density at radius 1 is 1.26 bits per heavy atom.